The third-order valence-electron chi connectivity index (χ3n) is 5.01. The van der Waals surface area contributed by atoms with Crippen molar-refractivity contribution in [3.05, 3.63) is 11.7 Å². The highest BCUT2D eigenvalue weighted by molar-refractivity contribution is 5.85. The minimum atomic E-state index is 0.0825. The molecular formula is C17H26N4O3. The first kappa shape index (κ1) is 16.9. The topological polar surface area (TPSA) is 79.5 Å². The average Bonchev–Trinajstić information content (AvgIpc) is 2.87. The highest BCUT2D eigenvalue weighted by Gasteiger charge is 2.26. The van der Waals surface area contributed by atoms with Gasteiger partial charge in [-0.25, -0.2) is 0 Å². The molecule has 0 bridgehead atoms. The van der Waals surface area contributed by atoms with Crippen LogP contribution in [0.1, 0.15) is 50.2 Å². The average molecular weight is 334 g/mol. The van der Waals surface area contributed by atoms with Crippen LogP contribution >= 0.6 is 0 Å². The number of piperidine rings is 1. The van der Waals surface area contributed by atoms with Crippen molar-refractivity contribution in [2.24, 2.45) is 5.92 Å². The molecule has 0 aliphatic carbocycles. The smallest absolute Gasteiger partial charge is 0.242 e. The van der Waals surface area contributed by atoms with E-state index in [0.717, 1.165) is 64.0 Å². The van der Waals surface area contributed by atoms with Crippen molar-refractivity contribution in [1.82, 2.24) is 19.9 Å². The lowest BCUT2D eigenvalue weighted by Gasteiger charge is -2.33. The standard InChI is InChI=1S/C17H26N4O3/c1-13-18-15(19-24-13)11-14-6-9-20(10-7-14)17(23)12-21-8-4-2-3-5-16(21)22/h14H,2-12H2,1H3. The predicted molar refractivity (Wildman–Crippen MR) is 87.1 cm³/mol. The molecule has 0 N–H and O–H groups in total. The molecule has 2 saturated heterocycles. The van der Waals surface area contributed by atoms with Crippen molar-refractivity contribution in [3.8, 4) is 0 Å². The van der Waals surface area contributed by atoms with Crippen LogP contribution in [0.4, 0.5) is 0 Å². The minimum Gasteiger partial charge on any atom is -0.341 e. The third-order valence-corrected chi connectivity index (χ3v) is 5.01. The van der Waals surface area contributed by atoms with E-state index < -0.39 is 0 Å². The Hall–Kier alpha value is -1.92. The van der Waals surface area contributed by atoms with Crippen LogP contribution in [0.5, 0.6) is 0 Å². The number of carbonyl (C=O) groups excluding carboxylic acids is 2. The van der Waals surface area contributed by atoms with Crippen LogP contribution in [0, 0.1) is 12.8 Å². The molecule has 0 atom stereocenters. The van der Waals surface area contributed by atoms with Crippen molar-refractivity contribution < 1.29 is 14.1 Å². The van der Waals surface area contributed by atoms with Gasteiger partial charge in [-0.2, -0.15) is 4.98 Å². The van der Waals surface area contributed by atoms with Crippen LogP contribution in [0.25, 0.3) is 0 Å². The quantitative estimate of drug-likeness (QED) is 0.835. The van der Waals surface area contributed by atoms with E-state index in [2.05, 4.69) is 10.1 Å². The van der Waals surface area contributed by atoms with Gasteiger partial charge in [0.2, 0.25) is 17.7 Å². The molecule has 1 aromatic rings. The summed E-state index contributed by atoms with van der Waals surface area (Å²) in [5, 5.41) is 3.95. The van der Waals surface area contributed by atoms with Crippen molar-refractivity contribution in [2.75, 3.05) is 26.2 Å². The van der Waals surface area contributed by atoms with Crippen LogP contribution in [-0.2, 0) is 16.0 Å². The summed E-state index contributed by atoms with van der Waals surface area (Å²) >= 11 is 0. The van der Waals surface area contributed by atoms with Gasteiger partial charge in [-0.15, -0.1) is 0 Å². The number of aromatic nitrogens is 2. The molecule has 2 aliphatic heterocycles. The van der Waals surface area contributed by atoms with Crippen molar-refractivity contribution >= 4 is 11.8 Å². The van der Waals surface area contributed by atoms with Gasteiger partial charge in [0.15, 0.2) is 5.82 Å². The molecule has 0 spiro atoms. The molecule has 7 heteroatoms. The fourth-order valence-electron chi connectivity index (χ4n) is 3.54. The van der Waals surface area contributed by atoms with Crippen LogP contribution in [-0.4, -0.2) is 57.9 Å². The monoisotopic (exact) mass is 334 g/mol. The van der Waals surface area contributed by atoms with Crippen LogP contribution in [0.3, 0.4) is 0 Å². The van der Waals surface area contributed by atoms with E-state index in [4.69, 9.17) is 4.52 Å². The van der Waals surface area contributed by atoms with E-state index in [1.807, 2.05) is 4.90 Å². The predicted octanol–water partition coefficient (Wildman–Crippen LogP) is 1.56. The molecular weight excluding hydrogens is 308 g/mol. The zero-order valence-electron chi connectivity index (χ0n) is 14.4. The molecule has 3 rings (SSSR count). The van der Waals surface area contributed by atoms with Crippen molar-refractivity contribution in [3.63, 3.8) is 0 Å². The van der Waals surface area contributed by atoms with E-state index in [1.165, 1.54) is 0 Å². The first-order valence-corrected chi connectivity index (χ1v) is 8.96. The molecule has 1 aromatic heterocycles. The highest BCUT2D eigenvalue weighted by Crippen LogP contribution is 2.21. The van der Waals surface area contributed by atoms with Gasteiger partial charge in [0.1, 0.15) is 0 Å². The Morgan fingerprint density at radius 3 is 2.71 bits per heavy atom. The lowest BCUT2D eigenvalue weighted by atomic mass is 9.93. The Labute approximate surface area is 142 Å². The van der Waals surface area contributed by atoms with E-state index in [9.17, 15) is 9.59 Å². The van der Waals surface area contributed by atoms with Crippen LogP contribution in [0.2, 0.25) is 0 Å². The summed E-state index contributed by atoms with van der Waals surface area (Å²) in [6.45, 7) is 4.26. The first-order chi connectivity index (χ1) is 11.6. The SMILES string of the molecule is Cc1nc(CC2CCN(C(=O)CN3CCCCCC3=O)CC2)no1. The number of hydrogen-bond acceptors (Lipinski definition) is 5. The lowest BCUT2D eigenvalue weighted by molar-refractivity contribution is -0.141. The fraction of sp³-hybridized carbons (Fsp3) is 0.765. The number of amides is 2. The van der Waals surface area contributed by atoms with E-state index >= 15 is 0 Å². The second-order valence-corrected chi connectivity index (χ2v) is 6.88. The highest BCUT2D eigenvalue weighted by atomic mass is 16.5. The van der Waals surface area contributed by atoms with E-state index in [1.54, 1.807) is 11.8 Å². The van der Waals surface area contributed by atoms with Gasteiger partial charge in [-0.1, -0.05) is 11.6 Å². The lowest BCUT2D eigenvalue weighted by Crippen LogP contribution is -2.45. The zero-order chi connectivity index (χ0) is 16.9. The third kappa shape index (κ3) is 4.33. The largest absolute Gasteiger partial charge is 0.341 e. The van der Waals surface area contributed by atoms with Gasteiger partial charge in [0, 0.05) is 39.4 Å². The molecule has 0 aromatic carbocycles. The number of aryl methyl sites for hydroxylation is 1. The van der Waals surface area contributed by atoms with Gasteiger partial charge >= 0.3 is 0 Å². The molecule has 0 radical (unpaired) electrons. The summed E-state index contributed by atoms with van der Waals surface area (Å²) in [7, 11) is 0. The molecule has 0 unspecified atom stereocenters. The van der Waals surface area contributed by atoms with E-state index in [-0.39, 0.29) is 18.4 Å². The number of rotatable bonds is 4. The van der Waals surface area contributed by atoms with Crippen molar-refractivity contribution in [1.29, 1.82) is 0 Å². The summed E-state index contributed by atoms with van der Waals surface area (Å²) in [6, 6.07) is 0. The summed E-state index contributed by atoms with van der Waals surface area (Å²) in [4.78, 5) is 32.4. The Bertz CT molecular complexity index is 578. The number of carbonyl (C=O) groups is 2. The second-order valence-electron chi connectivity index (χ2n) is 6.88. The molecule has 2 amide bonds. The van der Waals surface area contributed by atoms with Crippen molar-refractivity contribution in [2.45, 2.75) is 51.9 Å². The molecule has 3 heterocycles. The molecule has 7 nitrogen and oxygen atoms in total. The number of likely N-dealkylation sites (tertiary alicyclic amines) is 2. The Morgan fingerprint density at radius 1 is 1.21 bits per heavy atom. The Balaban J connectivity index is 1.45. The fourth-order valence-corrected chi connectivity index (χ4v) is 3.54. The summed E-state index contributed by atoms with van der Waals surface area (Å²) < 4.78 is 5.01. The normalized spacial score (nSPS) is 20.3. The number of nitrogens with zero attached hydrogens (tertiary/aromatic N) is 4. The summed E-state index contributed by atoms with van der Waals surface area (Å²) in [5.41, 5.74) is 0. The van der Waals surface area contributed by atoms with Gasteiger partial charge in [-0.3, -0.25) is 9.59 Å². The zero-order valence-corrected chi connectivity index (χ0v) is 14.4. The maximum Gasteiger partial charge on any atom is 0.242 e. The van der Waals surface area contributed by atoms with Gasteiger partial charge in [0.25, 0.3) is 0 Å². The Morgan fingerprint density at radius 2 is 2.00 bits per heavy atom. The second kappa shape index (κ2) is 7.77. The summed E-state index contributed by atoms with van der Waals surface area (Å²) in [6.07, 6.45) is 6.33. The Kier molecular flexibility index (Phi) is 5.48. The van der Waals surface area contributed by atoms with Gasteiger partial charge in [0.05, 0.1) is 6.54 Å². The number of hydrogen-bond donors (Lipinski definition) is 0. The molecule has 132 valence electrons. The van der Waals surface area contributed by atoms with Gasteiger partial charge < -0.3 is 14.3 Å². The molecule has 2 fully saturated rings. The molecule has 2 aliphatic rings. The first-order valence-electron chi connectivity index (χ1n) is 8.96. The summed E-state index contributed by atoms with van der Waals surface area (Å²) in [5.74, 6) is 2.06. The van der Waals surface area contributed by atoms with Crippen LogP contribution in [0.15, 0.2) is 4.52 Å². The van der Waals surface area contributed by atoms with Gasteiger partial charge in [-0.05, 0) is 31.6 Å². The molecule has 24 heavy (non-hydrogen) atoms. The maximum atomic E-state index is 12.5. The molecule has 0 saturated carbocycles. The minimum absolute atomic E-state index is 0.0825. The maximum absolute atomic E-state index is 12.5. The van der Waals surface area contributed by atoms with E-state index in [0.29, 0.717) is 18.2 Å². The van der Waals surface area contributed by atoms with Crippen LogP contribution < -0.4 is 0 Å².